The van der Waals surface area contributed by atoms with Crippen molar-refractivity contribution >= 4 is 17.5 Å². The van der Waals surface area contributed by atoms with E-state index in [1.165, 1.54) is 7.11 Å². The normalized spacial score (nSPS) is 9.36. The SMILES string of the molecule is CCOO[Si](OC)(OOCC)OOCC.CC[O-].CC[O-].CC[O-].[B+3]. The summed E-state index contributed by atoms with van der Waals surface area (Å²) < 4.78 is 19.5. The van der Waals surface area contributed by atoms with Gasteiger partial charge in [-0.05, 0) is 20.8 Å². The molecule has 0 aromatic carbocycles. The first-order chi connectivity index (χ1) is 11.5. The molecule has 0 rings (SSSR count). The van der Waals surface area contributed by atoms with Crippen molar-refractivity contribution in [2.75, 3.05) is 46.8 Å². The first kappa shape index (κ1) is 35.9. The van der Waals surface area contributed by atoms with E-state index in [1.807, 2.05) is 0 Å². The molecule has 0 saturated heterocycles. The average molecular weight is 388 g/mol. The number of rotatable bonds is 10. The van der Waals surface area contributed by atoms with Crippen LogP contribution in [0.15, 0.2) is 0 Å². The van der Waals surface area contributed by atoms with Crippen LogP contribution in [0.4, 0.5) is 0 Å². The zero-order valence-corrected chi connectivity index (χ0v) is 17.4. The van der Waals surface area contributed by atoms with Crippen LogP contribution >= 0.6 is 0 Å². The Labute approximate surface area is 154 Å². The second-order valence-corrected chi connectivity index (χ2v) is 4.95. The molecule has 0 bridgehead atoms. The molecule has 0 heterocycles. The Morgan fingerprint density at radius 3 is 0.920 bits per heavy atom. The van der Waals surface area contributed by atoms with Gasteiger partial charge in [0.2, 0.25) is 0 Å². The molecule has 0 N–H and O–H groups in total. The van der Waals surface area contributed by atoms with E-state index in [0.29, 0.717) is 19.8 Å². The van der Waals surface area contributed by atoms with Gasteiger partial charge in [0.15, 0.2) is 0 Å². The quantitative estimate of drug-likeness (QED) is 0.252. The standard InChI is InChI=1S/C7H18O7Si.3C2H5O.B/c1-5-9-12-15(8-4,13-10-6-2)14-11-7-3;3*1-2-3;/h5-7H2,1-4H3;3*2H2,1H3;/q;3*-1;+3. The third-order valence-corrected chi connectivity index (χ3v) is 2.55. The second-order valence-electron chi connectivity index (χ2n) is 3.04. The zero-order chi connectivity index (χ0) is 19.7. The van der Waals surface area contributed by atoms with Crippen LogP contribution in [0.25, 0.3) is 0 Å². The van der Waals surface area contributed by atoms with Crippen LogP contribution < -0.4 is 15.3 Å². The summed E-state index contributed by atoms with van der Waals surface area (Å²) >= 11 is 0. The molecule has 12 heteroatoms. The molecule has 0 atom stereocenters. The molecule has 0 unspecified atom stereocenters. The third kappa shape index (κ3) is 35.8. The van der Waals surface area contributed by atoms with Gasteiger partial charge in [-0.2, -0.15) is 13.7 Å². The van der Waals surface area contributed by atoms with Gasteiger partial charge in [0.05, 0.1) is 19.8 Å². The molecule has 0 aromatic heterocycles. The molecule has 10 nitrogen and oxygen atoms in total. The number of hydrogen-bond acceptors (Lipinski definition) is 10. The molecule has 0 spiro atoms. The van der Waals surface area contributed by atoms with Crippen LogP contribution in [0.3, 0.4) is 0 Å². The average Bonchev–Trinajstić information content (AvgIpc) is 2.57. The van der Waals surface area contributed by atoms with Crippen molar-refractivity contribution in [1.29, 1.82) is 0 Å². The largest absolute Gasteiger partial charge is 3.00 e. The Hall–Kier alpha value is -0.118. The summed E-state index contributed by atoms with van der Waals surface area (Å²) in [6, 6.07) is 0. The Kier molecular flexibility index (Phi) is 50.4. The monoisotopic (exact) mass is 388 g/mol. The fraction of sp³-hybridized carbons (Fsp3) is 1.00. The summed E-state index contributed by atoms with van der Waals surface area (Å²) in [6.07, 6.45) is 0. The Bertz CT molecular complexity index is 168. The first-order valence-electron chi connectivity index (χ1n) is 7.70. The van der Waals surface area contributed by atoms with Gasteiger partial charge in [0, 0.05) is 7.11 Å². The molecule has 0 amide bonds. The van der Waals surface area contributed by atoms with E-state index >= 15 is 0 Å². The van der Waals surface area contributed by atoms with Crippen LogP contribution in [0.1, 0.15) is 41.5 Å². The van der Waals surface area contributed by atoms with Gasteiger partial charge in [0.25, 0.3) is 0 Å². The van der Waals surface area contributed by atoms with Crippen molar-refractivity contribution in [3.05, 3.63) is 0 Å². The molecule has 0 fully saturated rings. The van der Waals surface area contributed by atoms with Gasteiger partial charge in [-0.15, -0.1) is 19.8 Å². The molecule has 0 aliphatic carbocycles. The van der Waals surface area contributed by atoms with Crippen molar-refractivity contribution < 1.29 is 48.1 Å². The summed E-state index contributed by atoms with van der Waals surface area (Å²) in [5.41, 5.74) is 0. The maximum Gasteiger partial charge on any atom is 3.00 e. The molecular weight excluding hydrogens is 355 g/mol. The van der Waals surface area contributed by atoms with Gasteiger partial charge in [0.1, 0.15) is 0 Å². The molecule has 152 valence electrons. The molecular formula is C13H33BO10Si. The minimum Gasteiger partial charge on any atom is -0.855 e. The zero-order valence-electron chi connectivity index (χ0n) is 16.4. The minimum atomic E-state index is -3.50. The molecule has 0 saturated carbocycles. The Balaban J connectivity index is -0.000000112. The van der Waals surface area contributed by atoms with Crippen LogP contribution in [0, 0.1) is 0 Å². The van der Waals surface area contributed by atoms with E-state index < -0.39 is 9.05 Å². The Morgan fingerprint density at radius 1 is 0.600 bits per heavy atom. The van der Waals surface area contributed by atoms with Crippen molar-refractivity contribution in [3.63, 3.8) is 0 Å². The van der Waals surface area contributed by atoms with Gasteiger partial charge in [-0.25, -0.2) is 14.7 Å². The maximum absolute atomic E-state index is 8.93. The molecule has 0 radical (unpaired) electrons. The van der Waals surface area contributed by atoms with E-state index in [9.17, 15) is 0 Å². The molecule has 0 aliphatic heterocycles. The minimum absolute atomic E-state index is 0. The molecule has 0 aromatic rings. The van der Waals surface area contributed by atoms with Gasteiger partial charge in [-0.3, -0.25) is 0 Å². The van der Waals surface area contributed by atoms with Crippen molar-refractivity contribution in [3.8, 4) is 0 Å². The van der Waals surface area contributed by atoms with Crippen molar-refractivity contribution in [2.24, 2.45) is 0 Å². The second kappa shape index (κ2) is 35.1. The predicted molar refractivity (Wildman–Crippen MR) is 88.3 cm³/mol. The van der Waals surface area contributed by atoms with E-state index in [4.69, 9.17) is 48.1 Å². The smallest absolute Gasteiger partial charge is 0.855 e. The van der Waals surface area contributed by atoms with E-state index in [0.717, 1.165) is 0 Å². The van der Waals surface area contributed by atoms with Crippen LogP contribution in [0.2, 0.25) is 0 Å². The van der Waals surface area contributed by atoms with E-state index in [1.54, 1.807) is 41.5 Å². The fourth-order valence-electron chi connectivity index (χ4n) is 0.537. The third-order valence-electron chi connectivity index (χ3n) is 1.09. The van der Waals surface area contributed by atoms with E-state index in [-0.39, 0.29) is 28.2 Å². The summed E-state index contributed by atoms with van der Waals surface area (Å²) in [6.45, 7) is 10.9. The fourth-order valence-corrected chi connectivity index (χ4v) is 1.61. The van der Waals surface area contributed by atoms with Crippen LogP contribution in [-0.4, -0.2) is 64.2 Å². The summed E-state index contributed by atoms with van der Waals surface area (Å²) in [7, 11) is -2.15. The molecule has 0 aliphatic rings. The maximum atomic E-state index is 8.93. The van der Waals surface area contributed by atoms with Crippen molar-refractivity contribution in [2.45, 2.75) is 41.5 Å². The van der Waals surface area contributed by atoms with Crippen LogP contribution in [-0.2, 0) is 32.8 Å². The first-order valence-corrected chi connectivity index (χ1v) is 9.33. The summed E-state index contributed by atoms with van der Waals surface area (Å²) in [5.74, 6) is 0. The van der Waals surface area contributed by atoms with Gasteiger partial charge < -0.3 is 19.7 Å². The number of hydrogen-bond donors (Lipinski definition) is 0. The topological polar surface area (TPSA) is 134 Å². The summed E-state index contributed by atoms with van der Waals surface area (Å²) in [5, 5.41) is 26.8. The Morgan fingerprint density at radius 2 is 0.800 bits per heavy atom. The van der Waals surface area contributed by atoms with Crippen LogP contribution in [0.5, 0.6) is 0 Å². The van der Waals surface area contributed by atoms with Gasteiger partial charge in [-0.1, -0.05) is 20.8 Å². The predicted octanol–water partition coefficient (Wildman–Crippen LogP) is -1.31. The molecule has 25 heavy (non-hydrogen) atoms. The van der Waals surface area contributed by atoms with Gasteiger partial charge >= 0.3 is 17.5 Å². The van der Waals surface area contributed by atoms with E-state index in [2.05, 4.69) is 0 Å². The van der Waals surface area contributed by atoms with Crippen molar-refractivity contribution in [1.82, 2.24) is 0 Å². The summed E-state index contributed by atoms with van der Waals surface area (Å²) in [4.78, 5) is 14.1.